The molecule has 0 radical (unpaired) electrons. The second-order valence-corrected chi connectivity index (χ2v) is 14.8. The smallest absolute Gasteiger partial charge is 0.251 e. The molecule has 6 rings (SSSR count). The molecule has 4 unspecified atom stereocenters. The fraction of sp³-hybridized carbons (Fsp3) is 0.477. The van der Waals surface area contributed by atoms with Crippen LogP contribution in [-0.4, -0.2) is 24.8 Å². The maximum Gasteiger partial charge on any atom is 0.251 e. The Morgan fingerprint density at radius 3 is 2.48 bits per heavy atom. The Morgan fingerprint density at radius 1 is 1.00 bits per heavy atom. The average molecular weight is 645 g/mol. The fourth-order valence-corrected chi connectivity index (χ4v) is 7.88. The van der Waals surface area contributed by atoms with E-state index >= 15 is 0 Å². The first-order valence-electron chi connectivity index (χ1n) is 18.8. The minimum Gasteiger partial charge on any atom is -0.353 e. The number of benzene rings is 2. The zero-order valence-corrected chi connectivity index (χ0v) is 29.7. The van der Waals surface area contributed by atoms with E-state index in [1.165, 1.54) is 89.5 Å². The lowest BCUT2D eigenvalue weighted by molar-refractivity contribution is 0.0953. The van der Waals surface area contributed by atoms with E-state index in [1.807, 2.05) is 6.07 Å². The largest absolute Gasteiger partial charge is 0.353 e. The summed E-state index contributed by atoms with van der Waals surface area (Å²) in [5.41, 5.74) is 18.9. The van der Waals surface area contributed by atoms with E-state index in [0.717, 1.165) is 49.8 Å². The number of amides is 1. The topological polar surface area (TPSA) is 67.7 Å². The zero-order valence-electron chi connectivity index (χ0n) is 29.7. The quantitative estimate of drug-likeness (QED) is 0.102. The highest BCUT2D eigenvalue weighted by molar-refractivity contribution is 5.95. The third-order valence-corrected chi connectivity index (χ3v) is 11.1. The van der Waals surface area contributed by atoms with Gasteiger partial charge in [-0.1, -0.05) is 120 Å². The van der Waals surface area contributed by atoms with Crippen LogP contribution in [0.1, 0.15) is 125 Å². The number of hydrogen-bond donors (Lipinski definition) is 2. The van der Waals surface area contributed by atoms with Crippen LogP contribution in [0.5, 0.6) is 0 Å². The van der Waals surface area contributed by atoms with Crippen molar-refractivity contribution >= 4 is 11.5 Å². The molecule has 1 amide bonds. The number of carbonyl (C=O) groups excluding carboxylic acids is 1. The fourth-order valence-electron chi connectivity index (χ4n) is 7.88. The molecule has 4 nitrogen and oxygen atoms in total. The van der Waals surface area contributed by atoms with E-state index in [9.17, 15) is 4.79 Å². The number of unbranched alkanes of at least 4 members (excludes halogenated alkanes) is 6. The molecule has 1 heterocycles. The molecule has 3 N–H and O–H groups in total. The molecular formula is C44H56N2O2. The predicted molar refractivity (Wildman–Crippen MR) is 201 cm³/mol. The Kier molecular flexibility index (Phi) is 11.0. The molecule has 2 aromatic rings. The molecule has 48 heavy (non-hydrogen) atoms. The van der Waals surface area contributed by atoms with Crippen LogP contribution in [0.3, 0.4) is 0 Å². The molecule has 1 saturated heterocycles. The highest BCUT2D eigenvalue weighted by Gasteiger charge is 2.46. The molecule has 1 aliphatic heterocycles. The molecule has 0 saturated carbocycles. The van der Waals surface area contributed by atoms with Crippen LogP contribution in [0, 0.1) is 12.8 Å². The SMILES string of the molecule is CCCCCCCCC1(C)c2cc(-c3ccc(C(=O)NCCCC)cc3C)ccc2C2=CC=C(C(/C=C\CC3OC3N)=C/C3=CC3)CC21. The molecule has 2 aromatic carbocycles. The van der Waals surface area contributed by atoms with E-state index < -0.39 is 0 Å². The summed E-state index contributed by atoms with van der Waals surface area (Å²) in [6, 6.07) is 13.4. The van der Waals surface area contributed by atoms with Crippen LogP contribution in [0.25, 0.3) is 16.7 Å². The first-order valence-corrected chi connectivity index (χ1v) is 18.8. The van der Waals surface area contributed by atoms with E-state index in [2.05, 4.69) is 99.8 Å². The van der Waals surface area contributed by atoms with E-state index in [1.54, 1.807) is 0 Å². The van der Waals surface area contributed by atoms with Gasteiger partial charge in [0, 0.05) is 17.5 Å². The predicted octanol–water partition coefficient (Wildman–Crippen LogP) is 10.4. The third kappa shape index (κ3) is 7.87. The summed E-state index contributed by atoms with van der Waals surface area (Å²) in [5.74, 6) is 0.461. The summed E-state index contributed by atoms with van der Waals surface area (Å²) >= 11 is 0. The van der Waals surface area contributed by atoms with Crippen molar-refractivity contribution in [3.8, 4) is 11.1 Å². The Labute approximate surface area is 289 Å². The monoisotopic (exact) mass is 644 g/mol. The second kappa shape index (κ2) is 15.4. The first kappa shape index (κ1) is 34.4. The van der Waals surface area contributed by atoms with Gasteiger partial charge in [0.25, 0.3) is 5.91 Å². The number of aryl methyl sites for hydroxylation is 1. The number of allylic oxidation sites excluding steroid dienone is 9. The summed E-state index contributed by atoms with van der Waals surface area (Å²) in [6.07, 6.45) is 28.2. The third-order valence-electron chi connectivity index (χ3n) is 11.1. The van der Waals surface area contributed by atoms with Gasteiger partial charge in [0.2, 0.25) is 0 Å². The van der Waals surface area contributed by atoms with Crippen LogP contribution >= 0.6 is 0 Å². The molecule has 1 fully saturated rings. The van der Waals surface area contributed by atoms with Crippen LogP contribution in [-0.2, 0) is 10.2 Å². The number of nitrogens with one attached hydrogen (secondary N) is 1. The molecule has 0 bridgehead atoms. The van der Waals surface area contributed by atoms with Crippen molar-refractivity contribution in [2.45, 2.75) is 122 Å². The van der Waals surface area contributed by atoms with Gasteiger partial charge >= 0.3 is 0 Å². The maximum absolute atomic E-state index is 12.8. The number of ether oxygens (including phenoxy) is 1. The summed E-state index contributed by atoms with van der Waals surface area (Å²) in [6.45, 7) is 9.84. The molecule has 4 heteroatoms. The van der Waals surface area contributed by atoms with Crippen LogP contribution in [0.15, 0.2) is 89.6 Å². The summed E-state index contributed by atoms with van der Waals surface area (Å²) in [4.78, 5) is 12.8. The van der Waals surface area contributed by atoms with Gasteiger partial charge < -0.3 is 15.8 Å². The van der Waals surface area contributed by atoms with Crippen LogP contribution in [0.4, 0.5) is 0 Å². The lowest BCUT2D eigenvalue weighted by Crippen LogP contribution is -2.29. The summed E-state index contributed by atoms with van der Waals surface area (Å²) in [5, 5.41) is 3.07. The normalized spacial score (nSPS) is 24.1. The standard InChI is InChI=1S/C44H56N2O2/c1-5-7-9-10-11-12-24-44(4)39-28-33(32(27-31-16-17-31)14-13-15-41-42(45)48-41)18-22-37(39)38-23-19-34(29-40(38)44)36-21-20-35(26-30(36)3)43(47)46-25-8-6-2/h13-14,16,18-23,26-27,29,39,41-42H,5-12,15,17,24-25,28,45H2,1-4H3,(H,46,47)/b14-13-,32-27+. The van der Waals surface area contributed by atoms with Gasteiger partial charge in [-0.15, -0.1) is 0 Å². The number of hydrogen-bond acceptors (Lipinski definition) is 3. The molecule has 3 aliphatic carbocycles. The van der Waals surface area contributed by atoms with Crippen molar-refractivity contribution < 1.29 is 9.53 Å². The van der Waals surface area contributed by atoms with Gasteiger partial charge in [-0.25, -0.2) is 0 Å². The van der Waals surface area contributed by atoms with Gasteiger partial charge in [-0.2, -0.15) is 0 Å². The van der Waals surface area contributed by atoms with Crippen molar-refractivity contribution in [3.63, 3.8) is 0 Å². The Morgan fingerprint density at radius 2 is 1.75 bits per heavy atom. The highest BCUT2D eigenvalue weighted by atomic mass is 16.6. The number of epoxide rings is 1. The van der Waals surface area contributed by atoms with Gasteiger partial charge in [0.05, 0.1) is 0 Å². The lowest BCUT2D eigenvalue weighted by atomic mass is 9.68. The van der Waals surface area contributed by atoms with Crippen LogP contribution in [0.2, 0.25) is 0 Å². The molecule has 0 spiro atoms. The van der Waals surface area contributed by atoms with Crippen molar-refractivity contribution in [3.05, 3.63) is 112 Å². The Bertz CT molecular complexity index is 1660. The summed E-state index contributed by atoms with van der Waals surface area (Å²) < 4.78 is 5.46. The first-order chi connectivity index (χ1) is 23.3. The van der Waals surface area contributed by atoms with Crippen molar-refractivity contribution in [1.82, 2.24) is 5.32 Å². The van der Waals surface area contributed by atoms with Gasteiger partial charge in [-0.3, -0.25) is 4.79 Å². The van der Waals surface area contributed by atoms with E-state index in [-0.39, 0.29) is 23.7 Å². The number of carbonyl (C=O) groups is 1. The van der Waals surface area contributed by atoms with Crippen molar-refractivity contribution in [2.24, 2.45) is 11.7 Å². The van der Waals surface area contributed by atoms with Gasteiger partial charge in [0.1, 0.15) is 12.3 Å². The zero-order chi connectivity index (χ0) is 33.7. The minimum absolute atomic E-state index is 0.0172. The number of rotatable bonds is 17. The minimum atomic E-state index is -0.103. The average Bonchev–Trinajstić information content (AvgIpc) is 4.03. The van der Waals surface area contributed by atoms with Crippen LogP contribution < -0.4 is 11.1 Å². The summed E-state index contributed by atoms with van der Waals surface area (Å²) in [7, 11) is 0. The number of fused-ring (bicyclic) bond motifs is 3. The van der Waals surface area contributed by atoms with Crippen molar-refractivity contribution in [1.29, 1.82) is 0 Å². The Balaban J connectivity index is 1.28. The van der Waals surface area contributed by atoms with Gasteiger partial charge in [0.15, 0.2) is 0 Å². The van der Waals surface area contributed by atoms with E-state index in [4.69, 9.17) is 10.5 Å². The number of nitrogens with two attached hydrogens (primary N) is 1. The lowest BCUT2D eigenvalue weighted by Gasteiger charge is -2.36. The van der Waals surface area contributed by atoms with E-state index in [0.29, 0.717) is 5.92 Å². The Hall–Kier alpha value is -3.47. The second-order valence-electron chi connectivity index (χ2n) is 14.8. The van der Waals surface area contributed by atoms with Crippen molar-refractivity contribution in [2.75, 3.05) is 6.54 Å². The highest BCUT2D eigenvalue weighted by Crippen LogP contribution is 2.57. The maximum atomic E-state index is 12.8. The molecule has 0 aromatic heterocycles. The molecule has 4 atom stereocenters. The molecule has 4 aliphatic rings. The molecule has 254 valence electrons. The molecular weight excluding hydrogens is 588 g/mol. The van der Waals surface area contributed by atoms with Gasteiger partial charge in [-0.05, 0) is 113 Å².